The molecule has 9 heteroatoms. The summed E-state index contributed by atoms with van der Waals surface area (Å²) in [6, 6.07) is 10.4. The first-order valence-electron chi connectivity index (χ1n) is 7.08. The number of sulfonamides is 1. The molecule has 6 nitrogen and oxygen atoms in total. The first kappa shape index (κ1) is 17.1. The molecule has 0 fully saturated rings. The van der Waals surface area contributed by atoms with E-state index in [0.717, 1.165) is 10.4 Å². The van der Waals surface area contributed by atoms with E-state index in [2.05, 4.69) is 14.9 Å². The molecule has 0 atom stereocenters. The quantitative estimate of drug-likeness (QED) is 0.706. The van der Waals surface area contributed by atoms with Crippen LogP contribution in [0, 0.1) is 6.92 Å². The van der Waals surface area contributed by atoms with Crippen LogP contribution in [0.2, 0.25) is 5.02 Å². The van der Waals surface area contributed by atoms with E-state index >= 15 is 0 Å². The van der Waals surface area contributed by atoms with Gasteiger partial charge in [-0.1, -0.05) is 11.6 Å². The molecule has 0 bridgehead atoms. The van der Waals surface area contributed by atoms with Crippen molar-refractivity contribution in [1.29, 1.82) is 0 Å². The van der Waals surface area contributed by atoms with Crippen molar-refractivity contribution in [1.82, 2.24) is 14.9 Å². The number of hydrogen-bond acceptors (Lipinski definition) is 6. The smallest absolute Gasteiger partial charge is 0.250 e. The van der Waals surface area contributed by atoms with Crippen molar-refractivity contribution in [2.24, 2.45) is 0 Å². The summed E-state index contributed by atoms with van der Waals surface area (Å²) in [6.07, 6.45) is 0.310. The van der Waals surface area contributed by atoms with Gasteiger partial charge in [0.2, 0.25) is 21.8 Å². The Morgan fingerprint density at radius 2 is 1.92 bits per heavy atom. The van der Waals surface area contributed by atoms with Crippen LogP contribution in [-0.2, 0) is 16.4 Å². The average molecular weight is 384 g/mol. The summed E-state index contributed by atoms with van der Waals surface area (Å²) in [5, 5.41) is 8.51. The molecule has 0 saturated heterocycles. The zero-order valence-corrected chi connectivity index (χ0v) is 15.1. The zero-order chi connectivity index (χ0) is 17.2. The van der Waals surface area contributed by atoms with Crippen molar-refractivity contribution < 1.29 is 12.8 Å². The van der Waals surface area contributed by atoms with Gasteiger partial charge in [0.1, 0.15) is 4.21 Å². The van der Waals surface area contributed by atoms with E-state index in [1.54, 1.807) is 36.4 Å². The van der Waals surface area contributed by atoms with E-state index in [9.17, 15) is 8.42 Å². The largest absolute Gasteiger partial charge is 0.421 e. The van der Waals surface area contributed by atoms with E-state index in [1.165, 1.54) is 11.3 Å². The second-order valence-corrected chi connectivity index (χ2v) is 8.74. The predicted octanol–water partition coefficient (Wildman–Crippen LogP) is 3.28. The van der Waals surface area contributed by atoms with Crippen LogP contribution in [0.4, 0.5) is 0 Å². The lowest BCUT2D eigenvalue weighted by Crippen LogP contribution is -2.25. The third-order valence-corrected chi connectivity index (χ3v) is 6.38. The van der Waals surface area contributed by atoms with Gasteiger partial charge in [-0.3, -0.25) is 0 Å². The third-order valence-electron chi connectivity index (χ3n) is 3.17. The Morgan fingerprint density at radius 1 is 1.17 bits per heavy atom. The third kappa shape index (κ3) is 4.02. The maximum atomic E-state index is 12.1. The number of halogens is 1. The highest BCUT2D eigenvalue weighted by Gasteiger charge is 2.16. The minimum absolute atomic E-state index is 0.182. The van der Waals surface area contributed by atoms with Crippen molar-refractivity contribution in [2.75, 3.05) is 6.54 Å². The molecule has 0 aliphatic heterocycles. The van der Waals surface area contributed by atoms with Crippen molar-refractivity contribution in [3.63, 3.8) is 0 Å². The van der Waals surface area contributed by atoms with Crippen LogP contribution < -0.4 is 4.72 Å². The maximum Gasteiger partial charge on any atom is 0.250 e. The first-order valence-corrected chi connectivity index (χ1v) is 9.76. The Balaban J connectivity index is 1.61. The summed E-state index contributed by atoms with van der Waals surface area (Å²) >= 11 is 7.07. The first-order chi connectivity index (χ1) is 11.4. The normalized spacial score (nSPS) is 11.8. The molecule has 2 aromatic heterocycles. The molecule has 3 aromatic rings. The SMILES string of the molecule is Cc1ccc(S(=O)(=O)NCCc2nnc(-c3ccc(Cl)cc3)o2)s1. The van der Waals surface area contributed by atoms with Crippen LogP contribution in [0.5, 0.6) is 0 Å². The minimum atomic E-state index is -3.50. The van der Waals surface area contributed by atoms with E-state index in [-0.39, 0.29) is 6.54 Å². The number of benzene rings is 1. The van der Waals surface area contributed by atoms with Gasteiger partial charge in [-0.15, -0.1) is 21.5 Å². The average Bonchev–Trinajstić information content (AvgIpc) is 3.17. The zero-order valence-electron chi connectivity index (χ0n) is 12.7. The Labute approximate surface area is 148 Å². The Hall–Kier alpha value is -1.74. The molecular formula is C15H14ClN3O3S2. The molecule has 0 aliphatic carbocycles. The predicted molar refractivity (Wildman–Crippen MR) is 92.7 cm³/mol. The Bertz CT molecular complexity index is 933. The van der Waals surface area contributed by atoms with Gasteiger partial charge in [0.25, 0.3) is 0 Å². The molecule has 0 spiro atoms. The van der Waals surface area contributed by atoms with E-state index in [1.807, 2.05) is 6.92 Å². The van der Waals surface area contributed by atoms with Gasteiger partial charge < -0.3 is 4.42 Å². The Morgan fingerprint density at radius 3 is 2.58 bits per heavy atom. The lowest BCUT2D eigenvalue weighted by Gasteiger charge is -2.02. The van der Waals surface area contributed by atoms with Gasteiger partial charge in [0.05, 0.1) is 0 Å². The minimum Gasteiger partial charge on any atom is -0.421 e. The van der Waals surface area contributed by atoms with Crippen molar-refractivity contribution >= 4 is 33.0 Å². The van der Waals surface area contributed by atoms with Gasteiger partial charge in [-0.05, 0) is 43.3 Å². The molecule has 2 heterocycles. The summed E-state index contributed by atoms with van der Waals surface area (Å²) in [5.41, 5.74) is 0.757. The topological polar surface area (TPSA) is 85.1 Å². The second kappa shape index (κ2) is 7.02. The molecule has 0 aliphatic rings. The van der Waals surface area contributed by atoms with Crippen molar-refractivity contribution in [3.8, 4) is 11.5 Å². The van der Waals surface area contributed by atoms with Gasteiger partial charge in [0, 0.05) is 28.4 Å². The van der Waals surface area contributed by atoms with Crippen LogP contribution in [0.15, 0.2) is 45.0 Å². The second-order valence-electron chi connectivity index (χ2n) is 5.02. The van der Waals surface area contributed by atoms with Gasteiger partial charge in [-0.25, -0.2) is 13.1 Å². The molecule has 3 rings (SSSR count). The number of rotatable bonds is 6. The van der Waals surface area contributed by atoms with Crippen LogP contribution in [0.25, 0.3) is 11.5 Å². The highest BCUT2D eigenvalue weighted by atomic mass is 35.5. The standard InChI is InChI=1S/C15H14ClN3O3S2/c1-10-2-7-14(23-10)24(20,21)17-9-8-13-18-19-15(22-13)11-3-5-12(16)6-4-11/h2-7,17H,8-9H2,1H3. The number of aryl methyl sites for hydroxylation is 1. The molecule has 0 amide bonds. The van der Waals surface area contributed by atoms with Crippen LogP contribution in [0.1, 0.15) is 10.8 Å². The summed E-state index contributed by atoms with van der Waals surface area (Å²) in [4.78, 5) is 0.944. The molecule has 0 saturated carbocycles. The van der Waals surface area contributed by atoms with Gasteiger partial charge in [-0.2, -0.15) is 0 Å². The number of nitrogens with one attached hydrogen (secondary N) is 1. The molecule has 126 valence electrons. The summed E-state index contributed by atoms with van der Waals surface area (Å²) < 4.78 is 32.6. The van der Waals surface area contributed by atoms with Gasteiger partial charge in [0.15, 0.2) is 0 Å². The number of aromatic nitrogens is 2. The fourth-order valence-corrected chi connectivity index (χ4v) is 4.47. The highest BCUT2D eigenvalue weighted by Crippen LogP contribution is 2.21. The molecular weight excluding hydrogens is 370 g/mol. The van der Waals surface area contributed by atoms with Crippen LogP contribution in [-0.4, -0.2) is 25.2 Å². The monoisotopic (exact) mass is 383 g/mol. The molecule has 1 N–H and O–H groups in total. The van der Waals surface area contributed by atoms with Crippen LogP contribution in [0.3, 0.4) is 0 Å². The van der Waals surface area contributed by atoms with E-state index < -0.39 is 10.0 Å². The van der Waals surface area contributed by atoms with E-state index in [0.29, 0.717) is 27.4 Å². The fourth-order valence-electron chi connectivity index (χ4n) is 1.98. The maximum absolute atomic E-state index is 12.1. The highest BCUT2D eigenvalue weighted by molar-refractivity contribution is 7.91. The van der Waals surface area contributed by atoms with Gasteiger partial charge >= 0.3 is 0 Å². The molecule has 1 aromatic carbocycles. The number of thiophene rings is 1. The number of hydrogen-bond donors (Lipinski definition) is 1. The summed E-state index contributed by atoms with van der Waals surface area (Å²) in [7, 11) is -3.50. The summed E-state index contributed by atoms with van der Waals surface area (Å²) in [5.74, 6) is 0.739. The number of nitrogens with zero attached hydrogens (tertiary/aromatic N) is 2. The summed E-state index contributed by atoms with van der Waals surface area (Å²) in [6.45, 7) is 2.04. The molecule has 0 radical (unpaired) electrons. The van der Waals surface area contributed by atoms with Crippen molar-refractivity contribution in [2.45, 2.75) is 17.6 Å². The van der Waals surface area contributed by atoms with Crippen LogP contribution >= 0.6 is 22.9 Å². The fraction of sp³-hybridized carbons (Fsp3) is 0.200. The molecule has 24 heavy (non-hydrogen) atoms. The lowest BCUT2D eigenvalue weighted by atomic mass is 10.2. The van der Waals surface area contributed by atoms with Crippen molar-refractivity contribution in [3.05, 3.63) is 52.2 Å². The van der Waals surface area contributed by atoms with E-state index in [4.69, 9.17) is 16.0 Å². The Kier molecular flexibility index (Phi) is 5.00. The lowest BCUT2D eigenvalue weighted by molar-refractivity contribution is 0.502. The molecule has 0 unspecified atom stereocenters.